The molecule has 0 aliphatic carbocycles. The van der Waals surface area contributed by atoms with Gasteiger partial charge >= 0.3 is 0 Å². The average molecular weight is 528 g/mol. The van der Waals surface area contributed by atoms with Gasteiger partial charge in [0.15, 0.2) is 0 Å². The summed E-state index contributed by atoms with van der Waals surface area (Å²) in [4.78, 5) is 11.2. The van der Waals surface area contributed by atoms with E-state index < -0.39 is 20.0 Å². The highest BCUT2D eigenvalue weighted by Gasteiger charge is 2.29. The summed E-state index contributed by atoms with van der Waals surface area (Å²) in [5.41, 5.74) is 2.89. The zero-order valence-corrected chi connectivity index (χ0v) is 21.5. The lowest BCUT2D eigenvalue weighted by Crippen LogP contribution is -2.36. The highest BCUT2D eigenvalue weighted by Crippen LogP contribution is 2.29. The Morgan fingerprint density at radius 1 is 1.00 bits per heavy atom. The van der Waals surface area contributed by atoms with E-state index >= 15 is 0 Å². The largest absolute Gasteiger partial charge is 0.378 e. The smallest absolute Gasteiger partial charge is 0.245 e. The van der Waals surface area contributed by atoms with Crippen molar-refractivity contribution in [2.45, 2.75) is 6.42 Å². The van der Waals surface area contributed by atoms with Gasteiger partial charge in [-0.3, -0.25) is 0 Å². The van der Waals surface area contributed by atoms with Crippen LogP contribution in [0.2, 0.25) is 0 Å². The summed E-state index contributed by atoms with van der Waals surface area (Å²) in [6.07, 6.45) is 3.65. The van der Waals surface area contributed by atoms with Crippen LogP contribution in [0.25, 0.3) is 11.3 Å². The average Bonchev–Trinajstić information content (AvgIpc) is 2.84. The van der Waals surface area contributed by atoms with Crippen molar-refractivity contribution in [3.63, 3.8) is 0 Å². The molecule has 0 unspecified atom stereocenters. The maximum Gasteiger partial charge on any atom is 0.245 e. The van der Waals surface area contributed by atoms with E-state index in [-0.39, 0.29) is 15.0 Å². The molecule has 0 atom stereocenters. The second-order valence-corrected chi connectivity index (χ2v) is 12.3. The predicted octanol–water partition coefficient (Wildman–Crippen LogP) is 2.17. The standard InChI is InChI=1S/C24H25N5O5S2/c1-35(30,31)29(36(2,32)33)23-8-5-19(16-20(23)17-25)22-9-10-26-24(27-22)15-18-3-6-21(7-4-18)28-11-13-34-14-12-28/h3-10,16H,11-15H2,1-2H3. The van der Waals surface area contributed by atoms with Gasteiger partial charge in [-0.25, -0.2) is 26.8 Å². The Morgan fingerprint density at radius 2 is 1.67 bits per heavy atom. The van der Waals surface area contributed by atoms with E-state index in [1.807, 2.05) is 18.2 Å². The zero-order valence-electron chi connectivity index (χ0n) is 19.8. The van der Waals surface area contributed by atoms with Gasteiger partial charge in [0.05, 0.1) is 42.7 Å². The van der Waals surface area contributed by atoms with E-state index in [4.69, 9.17) is 4.74 Å². The van der Waals surface area contributed by atoms with Crippen LogP contribution >= 0.6 is 0 Å². The van der Waals surface area contributed by atoms with Crippen LogP contribution < -0.4 is 8.61 Å². The minimum atomic E-state index is -4.18. The van der Waals surface area contributed by atoms with Crippen molar-refractivity contribution in [2.75, 3.05) is 47.4 Å². The second-order valence-electron chi connectivity index (χ2n) is 8.37. The lowest BCUT2D eigenvalue weighted by Gasteiger charge is -2.28. The number of morpholine rings is 1. The van der Waals surface area contributed by atoms with Gasteiger partial charge in [0.25, 0.3) is 0 Å². The lowest BCUT2D eigenvalue weighted by atomic mass is 10.1. The molecule has 10 nitrogen and oxygen atoms in total. The van der Waals surface area contributed by atoms with E-state index in [2.05, 4.69) is 27.0 Å². The molecule has 4 rings (SSSR count). The molecule has 1 aliphatic heterocycles. The molecule has 0 bridgehead atoms. The topological polar surface area (TPSA) is 134 Å². The SMILES string of the molecule is CS(=O)(=O)N(c1ccc(-c2ccnc(Cc3ccc(N4CCOCC4)cc3)n2)cc1C#N)S(C)(=O)=O. The number of benzene rings is 2. The van der Waals surface area contributed by atoms with Crippen LogP contribution in [0.4, 0.5) is 11.4 Å². The van der Waals surface area contributed by atoms with Crippen LogP contribution in [0, 0.1) is 11.3 Å². The van der Waals surface area contributed by atoms with E-state index in [1.165, 1.54) is 18.2 Å². The molecular weight excluding hydrogens is 502 g/mol. The number of ether oxygens (including phenoxy) is 1. The van der Waals surface area contributed by atoms with Crippen molar-refractivity contribution < 1.29 is 21.6 Å². The molecule has 2 aromatic carbocycles. The lowest BCUT2D eigenvalue weighted by molar-refractivity contribution is 0.122. The predicted molar refractivity (Wildman–Crippen MR) is 137 cm³/mol. The maximum absolute atomic E-state index is 12.1. The zero-order chi connectivity index (χ0) is 25.9. The second kappa shape index (κ2) is 10.2. The minimum absolute atomic E-state index is 0.109. The Morgan fingerprint density at radius 3 is 2.28 bits per heavy atom. The monoisotopic (exact) mass is 527 g/mol. The van der Waals surface area contributed by atoms with Crippen LogP contribution in [0.5, 0.6) is 0 Å². The van der Waals surface area contributed by atoms with Crippen molar-refractivity contribution in [3.8, 4) is 17.3 Å². The molecule has 2 heterocycles. The molecule has 0 saturated carbocycles. The van der Waals surface area contributed by atoms with Crippen LogP contribution in [0.1, 0.15) is 17.0 Å². The fourth-order valence-electron chi connectivity index (χ4n) is 4.02. The van der Waals surface area contributed by atoms with Gasteiger partial charge in [-0.2, -0.15) is 8.97 Å². The number of aromatic nitrogens is 2. The fraction of sp³-hybridized carbons (Fsp3) is 0.292. The first-order chi connectivity index (χ1) is 17.1. The molecule has 12 heteroatoms. The summed E-state index contributed by atoms with van der Waals surface area (Å²) >= 11 is 0. The Kier molecular flexibility index (Phi) is 7.26. The van der Waals surface area contributed by atoms with Gasteiger partial charge in [-0.05, 0) is 35.9 Å². The Bertz CT molecular complexity index is 1480. The van der Waals surface area contributed by atoms with Crippen molar-refractivity contribution in [2.24, 2.45) is 0 Å². The number of nitriles is 1. The van der Waals surface area contributed by atoms with Crippen molar-refractivity contribution in [1.29, 1.82) is 5.26 Å². The van der Waals surface area contributed by atoms with Crippen LogP contribution in [0.15, 0.2) is 54.7 Å². The van der Waals surface area contributed by atoms with E-state index in [9.17, 15) is 22.1 Å². The molecule has 0 amide bonds. The molecule has 3 aromatic rings. The minimum Gasteiger partial charge on any atom is -0.378 e. The van der Waals surface area contributed by atoms with Crippen LogP contribution in [-0.2, 0) is 31.2 Å². The molecule has 36 heavy (non-hydrogen) atoms. The van der Waals surface area contributed by atoms with E-state index in [0.717, 1.165) is 50.1 Å². The number of sulfonamides is 2. The number of rotatable bonds is 7. The third kappa shape index (κ3) is 5.81. The number of anilines is 2. The van der Waals surface area contributed by atoms with Crippen molar-refractivity contribution in [1.82, 2.24) is 9.97 Å². The summed E-state index contributed by atoms with van der Waals surface area (Å²) in [7, 11) is -8.36. The van der Waals surface area contributed by atoms with Crippen LogP contribution in [-0.4, -0.2) is 65.6 Å². The first-order valence-corrected chi connectivity index (χ1v) is 14.7. The van der Waals surface area contributed by atoms with E-state index in [0.29, 0.717) is 23.5 Å². The number of hydrogen-bond acceptors (Lipinski definition) is 9. The molecule has 1 saturated heterocycles. The van der Waals surface area contributed by atoms with Gasteiger partial charge in [0.1, 0.15) is 11.9 Å². The Hall–Kier alpha value is -3.53. The Labute approximate surface area is 210 Å². The van der Waals surface area contributed by atoms with Gasteiger partial charge < -0.3 is 9.64 Å². The molecular formula is C24H25N5O5S2. The third-order valence-electron chi connectivity index (χ3n) is 5.59. The van der Waals surface area contributed by atoms with Gasteiger partial charge in [0.2, 0.25) is 20.0 Å². The first kappa shape index (κ1) is 25.6. The van der Waals surface area contributed by atoms with E-state index in [1.54, 1.807) is 12.3 Å². The molecule has 0 radical (unpaired) electrons. The Balaban J connectivity index is 1.59. The highest BCUT2D eigenvalue weighted by molar-refractivity contribution is 8.09. The summed E-state index contributed by atoms with van der Waals surface area (Å²) in [6.45, 7) is 3.16. The summed E-state index contributed by atoms with van der Waals surface area (Å²) in [6, 6.07) is 16.0. The number of hydrogen-bond donors (Lipinski definition) is 0. The van der Waals surface area contributed by atoms with Crippen molar-refractivity contribution >= 4 is 31.4 Å². The van der Waals surface area contributed by atoms with Gasteiger partial charge in [0, 0.05) is 37.0 Å². The van der Waals surface area contributed by atoms with Gasteiger partial charge in [-0.1, -0.05) is 18.2 Å². The van der Waals surface area contributed by atoms with Crippen molar-refractivity contribution in [3.05, 3.63) is 71.7 Å². The van der Waals surface area contributed by atoms with Crippen LogP contribution in [0.3, 0.4) is 0 Å². The molecule has 1 aromatic heterocycles. The molecule has 0 spiro atoms. The molecule has 0 N–H and O–H groups in total. The maximum atomic E-state index is 12.1. The molecule has 1 fully saturated rings. The quantitative estimate of drug-likeness (QED) is 0.453. The molecule has 1 aliphatic rings. The van der Waals surface area contributed by atoms with Gasteiger partial charge in [-0.15, -0.1) is 0 Å². The first-order valence-electron chi connectivity index (χ1n) is 11.0. The normalized spacial score (nSPS) is 14.3. The molecule has 188 valence electrons. The summed E-state index contributed by atoms with van der Waals surface area (Å²) in [5, 5.41) is 9.63. The summed E-state index contributed by atoms with van der Waals surface area (Å²) in [5.74, 6) is 0.572. The number of nitrogens with zero attached hydrogens (tertiary/aromatic N) is 5. The fourth-order valence-corrected chi connectivity index (χ4v) is 7.02. The summed E-state index contributed by atoms with van der Waals surface area (Å²) < 4.78 is 54.2. The third-order valence-corrected chi connectivity index (χ3v) is 8.82. The highest BCUT2D eigenvalue weighted by atomic mass is 32.3.